The van der Waals surface area contributed by atoms with Crippen LogP contribution in [-0.2, 0) is 11.2 Å². The number of para-hydroxylation sites is 1. The van der Waals surface area contributed by atoms with Gasteiger partial charge in [0, 0.05) is 11.7 Å². The van der Waals surface area contributed by atoms with Crippen molar-refractivity contribution in [2.75, 3.05) is 0 Å². The van der Waals surface area contributed by atoms with E-state index in [-0.39, 0.29) is 9.76 Å². The van der Waals surface area contributed by atoms with Crippen molar-refractivity contribution in [1.82, 2.24) is 4.57 Å². The van der Waals surface area contributed by atoms with E-state index in [0.717, 1.165) is 5.54 Å². The Labute approximate surface area is 92.8 Å². The summed E-state index contributed by atoms with van der Waals surface area (Å²) in [6, 6.07) is 10.5. The highest BCUT2D eigenvalue weighted by Crippen LogP contribution is 2.14. The molecule has 0 atom stereocenters. The van der Waals surface area contributed by atoms with E-state index in [1.165, 1.54) is 10.9 Å². The second-order valence-corrected chi connectivity index (χ2v) is 6.61. The van der Waals surface area contributed by atoms with E-state index >= 15 is 0 Å². The van der Waals surface area contributed by atoms with E-state index in [0.29, 0.717) is 6.73 Å². The predicted octanol–water partition coefficient (Wildman–Crippen LogP) is 2.53. The Bertz CT molecular complexity index is 436. The van der Waals surface area contributed by atoms with E-state index in [2.05, 4.69) is 54.9 Å². The van der Waals surface area contributed by atoms with Crippen LogP contribution < -0.4 is 0 Å². The molecule has 2 nitrogen and oxygen atoms in total. The molecule has 0 unspecified atom stereocenters. The van der Waals surface area contributed by atoms with Crippen LogP contribution >= 0.6 is 0 Å². The number of fused-ring (bicyclic) bond motifs is 1. The number of benzene rings is 1. The summed E-state index contributed by atoms with van der Waals surface area (Å²) in [5.74, 6) is 0. The maximum Gasteiger partial charge on any atom is 0.166 e. The van der Waals surface area contributed by atoms with Gasteiger partial charge in [-0.2, -0.15) is 0 Å². The molecule has 1 aromatic carbocycles. The van der Waals surface area contributed by atoms with Gasteiger partial charge in [0.15, 0.2) is 9.76 Å². The van der Waals surface area contributed by atoms with Crippen LogP contribution in [0.4, 0.5) is 0 Å². The number of rotatable bonds is 4. The van der Waals surface area contributed by atoms with Gasteiger partial charge in [0.05, 0.1) is 0 Å². The fourth-order valence-electron chi connectivity index (χ4n) is 1.64. The minimum Gasteiger partial charge on any atom is -0.406 e. The van der Waals surface area contributed by atoms with Gasteiger partial charge in [-0.3, -0.25) is 0 Å². The zero-order valence-corrected chi connectivity index (χ0v) is 10.7. The van der Waals surface area contributed by atoms with E-state index in [1.54, 1.807) is 0 Å². The Morgan fingerprint density at radius 2 is 2.07 bits per heavy atom. The van der Waals surface area contributed by atoms with E-state index in [9.17, 15) is 0 Å². The first-order valence-electron chi connectivity index (χ1n) is 5.39. The van der Waals surface area contributed by atoms with Crippen LogP contribution in [0.2, 0.25) is 5.54 Å². The first-order valence-corrected chi connectivity index (χ1v) is 6.78. The standard InChI is InChI=1S/C12H17NOSi/c1-10(2)15-14-9-13-8-7-11-5-3-4-6-12(11)13/h3-8,10H,9,15H2,1-2H3. The molecule has 2 aromatic rings. The largest absolute Gasteiger partial charge is 0.406 e. The Morgan fingerprint density at radius 3 is 2.87 bits per heavy atom. The molecule has 0 bridgehead atoms. The van der Waals surface area contributed by atoms with E-state index in [4.69, 9.17) is 4.43 Å². The number of nitrogens with zero attached hydrogens (tertiary/aromatic N) is 1. The van der Waals surface area contributed by atoms with E-state index in [1.807, 2.05) is 0 Å². The third-order valence-electron chi connectivity index (χ3n) is 2.36. The van der Waals surface area contributed by atoms with Crippen molar-refractivity contribution in [3.63, 3.8) is 0 Å². The second kappa shape index (κ2) is 4.64. The molecule has 0 radical (unpaired) electrons. The molecular weight excluding hydrogens is 202 g/mol. The van der Waals surface area contributed by atoms with Crippen molar-refractivity contribution in [2.45, 2.75) is 26.1 Å². The van der Waals surface area contributed by atoms with Crippen LogP contribution in [0.25, 0.3) is 10.9 Å². The third kappa shape index (κ3) is 2.49. The van der Waals surface area contributed by atoms with Gasteiger partial charge in [-0.15, -0.1) is 0 Å². The Kier molecular flexibility index (Phi) is 3.23. The third-order valence-corrected chi connectivity index (χ3v) is 3.45. The van der Waals surface area contributed by atoms with Crippen LogP contribution in [0.15, 0.2) is 36.5 Å². The molecule has 0 saturated carbocycles. The molecule has 0 amide bonds. The van der Waals surface area contributed by atoms with Crippen LogP contribution in [0.5, 0.6) is 0 Å². The van der Waals surface area contributed by atoms with Gasteiger partial charge in [-0.25, -0.2) is 0 Å². The van der Waals surface area contributed by atoms with Crippen molar-refractivity contribution < 1.29 is 4.43 Å². The molecule has 3 heteroatoms. The lowest BCUT2D eigenvalue weighted by Crippen LogP contribution is -2.07. The Hall–Kier alpha value is -1.06. The monoisotopic (exact) mass is 219 g/mol. The molecular formula is C12H17NOSi. The molecule has 1 aromatic heterocycles. The van der Waals surface area contributed by atoms with Crippen molar-refractivity contribution in [1.29, 1.82) is 0 Å². The summed E-state index contributed by atoms with van der Waals surface area (Å²) in [6.07, 6.45) is 2.10. The molecule has 0 aliphatic heterocycles. The quantitative estimate of drug-likeness (QED) is 0.721. The molecule has 0 fully saturated rings. The van der Waals surface area contributed by atoms with E-state index < -0.39 is 0 Å². The number of hydrogen-bond donors (Lipinski definition) is 0. The lowest BCUT2D eigenvalue weighted by Gasteiger charge is -2.08. The van der Waals surface area contributed by atoms with Gasteiger partial charge in [0.1, 0.15) is 6.73 Å². The number of aromatic nitrogens is 1. The fraction of sp³-hybridized carbons (Fsp3) is 0.333. The van der Waals surface area contributed by atoms with Crippen molar-refractivity contribution in [3.05, 3.63) is 36.5 Å². The smallest absolute Gasteiger partial charge is 0.166 e. The molecule has 0 saturated heterocycles. The average molecular weight is 219 g/mol. The topological polar surface area (TPSA) is 14.2 Å². The lowest BCUT2D eigenvalue weighted by molar-refractivity contribution is 0.251. The van der Waals surface area contributed by atoms with Gasteiger partial charge < -0.3 is 8.99 Å². The molecule has 80 valence electrons. The summed E-state index contributed by atoms with van der Waals surface area (Å²) >= 11 is 0. The van der Waals surface area contributed by atoms with Gasteiger partial charge in [0.2, 0.25) is 0 Å². The zero-order valence-electron chi connectivity index (χ0n) is 9.31. The van der Waals surface area contributed by atoms with Crippen LogP contribution in [0.3, 0.4) is 0 Å². The highest BCUT2D eigenvalue weighted by molar-refractivity contribution is 6.28. The maximum absolute atomic E-state index is 5.75. The fourth-order valence-corrected chi connectivity index (χ4v) is 2.41. The van der Waals surface area contributed by atoms with Gasteiger partial charge in [-0.1, -0.05) is 32.0 Å². The molecule has 0 spiro atoms. The summed E-state index contributed by atoms with van der Waals surface area (Å²) in [5, 5.41) is 1.28. The van der Waals surface area contributed by atoms with Crippen molar-refractivity contribution >= 4 is 20.7 Å². The minimum atomic E-state index is -0.363. The van der Waals surface area contributed by atoms with Gasteiger partial charge >= 0.3 is 0 Å². The lowest BCUT2D eigenvalue weighted by atomic mass is 10.2. The summed E-state index contributed by atoms with van der Waals surface area (Å²) in [6.45, 7) is 5.15. The minimum absolute atomic E-state index is 0.363. The van der Waals surface area contributed by atoms with Gasteiger partial charge in [0.25, 0.3) is 0 Å². The normalized spacial score (nSPS) is 12.2. The highest BCUT2D eigenvalue weighted by Gasteiger charge is 2.00. The SMILES string of the molecule is CC(C)[SiH2]OCn1ccc2ccccc21. The Morgan fingerprint density at radius 1 is 1.27 bits per heavy atom. The van der Waals surface area contributed by atoms with Crippen molar-refractivity contribution in [2.24, 2.45) is 0 Å². The first kappa shape index (κ1) is 10.5. The van der Waals surface area contributed by atoms with Crippen LogP contribution in [-0.4, -0.2) is 14.3 Å². The summed E-state index contributed by atoms with van der Waals surface area (Å²) < 4.78 is 7.92. The highest BCUT2D eigenvalue weighted by atomic mass is 28.2. The summed E-state index contributed by atoms with van der Waals surface area (Å²) in [7, 11) is -0.363. The molecule has 0 aliphatic carbocycles. The molecule has 0 aliphatic rings. The second-order valence-electron chi connectivity index (χ2n) is 4.24. The first-order chi connectivity index (χ1) is 7.27. The average Bonchev–Trinajstić information content (AvgIpc) is 2.62. The zero-order chi connectivity index (χ0) is 10.7. The summed E-state index contributed by atoms with van der Waals surface area (Å²) in [5.41, 5.74) is 1.99. The molecule has 15 heavy (non-hydrogen) atoms. The van der Waals surface area contributed by atoms with Crippen LogP contribution in [0.1, 0.15) is 13.8 Å². The predicted molar refractivity (Wildman–Crippen MR) is 66.7 cm³/mol. The molecule has 0 N–H and O–H groups in total. The Balaban J connectivity index is 2.08. The summed E-state index contributed by atoms with van der Waals surface area (Å²) in [4.78, 5) is 0. The molecule has 1 heterocycles. The van der Waals surface area contributed by atoms with Crippen molar-refractivity contribution in [3.8, 4) is 0 Å². The number of hydrogen-bond acceptors (Lipinski definition) is 1. The van der Waals surface area contributed by atoms with Crippen LogP contribution in [0, 0.1) is 0 Å². The maximum atomic E-state index is 5.75. The molecule has 2 rings (SSSR count). The van der Waals surface area contributed by atoms with Gasteiger partial charge in [-0.05, 0) is 23.1 Å².